The van der Waals surface area contributed by atoms with Crippen molar-refractivity contribution in [2.24, 2.45) is 13.0 Å². The summed E-state index contributed by atoms with van der Waals surface area (Å²) in [6.45, 7) is 7.63. The van der Waals surface area contributed by atoms with Crippen LogP contribution in [-0.4, -0.2) is 68.4 Å². The molecule has 9 nitrogen and oxygen atoms in total. The van der Waals surface area contributed by atoms with Crippen molar-refractivity contribution in [3.8, 4) is 0 Å². The van der Waals surface area contributed by atoms with E-state index in [-0.39, 0.29) is 11.7 Å². The van der Waals surface area contributed by atoms with Gasteiger partial charge in [0.15, 0.2) is 5.65 Å². The highest BCUT2D eigenvalue weighted by atomic mass is 16.6. The molecule has 3 rings (SSSR count). The average molecular weight is 348 g/mol. The van der Waals surface area contributed by atoms with Gasteiger partial charge in [-0.1, -0.05) is 13.8 Å². The van der Waals surface area contributed by atoms with E-state index in [1.165, 1.54) is 6.20 Å². The van der Waals surface area contributed by atoms with Crippen LogP contribution in [0.1, 0.15) is 19.7 Å². The van der Waals surface area contributed by atoms with Crippen molar-refractivity contribution in [2.75, 3.05) is 32.8 Å². The van der Waals surface area contributed by atoms with Gasteiger partial charge >= 0.3 is 6.09 Å². The van der Waals surface area contributed by atoms with Crippen LogP contribution >= 0.6 is 0 Å². The first-order chi connectivity index (χ1) is 11.9. The molecule has 0 atom stereocenters. The third-order valence-electron chi connectivity index (χ3n) is 4.19. The average Bonchev–Trinajstić information content (AvgIpc) is 2.95. The highest BCUT2D eigenvalue weighted by molar-refractivity contribution is 5.72. The number of aryl methyl sites for hydroxylation is 1. The highest BCUT2D eigenvalue weighted by Crippen LogP contribution is 2.09. The largest absolute Gasteiger partial charge is 0.449 e. The van der Waals surface area contributed by atoms with Gasteiger partial charge in [0.05, 0.1) is 19.3 Å². The van der Waals surface area contributed by atoms with Gasteiger partial charge in [-0.05, 0) is 5.92 Å². The van der Waals surface area contributed by atoms with Crippen molar-refractivity contribution in [3.05, 3.63) is 22.4 Å². The molecule has 0 saturated carbocycles. The topological polar surface area (TPSA) is 96.3 Å². The van der Waals surface area contributed by atoms with Crippen LogP contribution < -0.4 is 5.56 Å². The van der Waals surface area contributed by atoms with Crippen LogP contribution in [0.3, 0.4) is 0 Å². The number of aromatic nitrogens is 4. The zero-order valence-corrected chi connectivity index (χ0v) is 14.9. The lowest BCUT2D eigenvalue weighted by molar-refractivity contribution is 0.0670. The van der Waals surface area contributed by atoms with E-state index in [1.807, 2.05) is 13.8 Å². The number of hydrogen-bond donors (Lipinski definition) is 1. The van der Waals surface area contributed by atoms with Gasteiger partial charge in [0, 0.05) is 33.2 Å². The van der Waals surface area contributed by atoms with Gasteiger partial charge in [0.2, 0.25) is 0 Å². The van der Waals surface area contributed by atoms with Crippen LogP contribution in [0.2, 0.25) is 0 Å². The second-order valence-electron chi connectivity index (χ2n) is 6.75. The van der Waals surface area contributed by atoms with Crippen LogP contribution in [0, 0.1) is 5.92 Å². The number of fused-ring (bicyclic) bond motifs is 1. The van der Waals surface area contributed by atoms with Crippen molar-refractivity contribution in [1.29, 1.82) is 0 Å². The standard InChI is InChI=1S/C16H24N6O3/c1-11(2)10-25-16(24)22-6-4-21(5-7-22)9-13-18-14-12(15(23)19-13)8-17-20(14)3/h8,11H,4-7,9-10H2,1-3H3,(H,18,19,23). The normalized spacial score (nSPS) is 15.9. The molecule has 9 heteroatoms. The molecule has 0 unspecified atom stereocenters. The Kier molecular flexibility index (Phi) is 5.03. The molecule has 0 radical (unpaired) electrons. The summed E-state index contributed by atoms with van der Waals surface area (Å²) in [6.07, 6.45) is 1.27. The lowest BCUT2D eigenvalue weighted by Crippen LogP contribution is -2.48. The molecule has 1 fully saturated rings. The Morgan fingerprint density at radius 3 is 2.72 bits per heavy atom. The van der Waals surface area contributed by atoms with Crippen LogP contribution in [0.25, 0.3) is 11.0 Å². The zero-order valence-electron chi connectivity index (χ0n) is 14.9. The minimum absolute atomic E-state index is 0.177. The molecule has 1 aliphatic rings. The number of nitrogens with one attached hydrogen (secondary N) is 1. The lowest BCUT2D eigenvalue weighted by Gasteiger charge is -2.33. The predicted molar refractivity (Wildman–Crippen MR) is 92.2 cm³/mol. The van der Waals surface area contributed by atoms with Gasteiger partial charge in [0.1, 0.15) is 11.2 Å². The summed E-state index contributed by atoms with van der Waals surface area (Å²) in [4.78, 5) is 35.3. The Bertz CT molecular complexity index is 804. The van der Waals surface area contributed by atoms with E-state index in [4.69, 9.17) is 4.74 Å². The molecule has 0 bridgehead atoms. The van der Waals surface area contributed by atoms with Crippen molar-refractivity contribution in [2.45, 2.75) is 20.4 Å². The molecular formula is C16H24N6O3. The highest BCUT2D eigenvalue weighted by Gasteiger charge is 2.23. The Balaban J connectivity index is 1.58. The van der Waals surface area contributed by atoms with Crippen LogP contribution in [0.4, 0.5) is 4.79 Å². The van der Waals surface area contributed by atoms with E-state index in [0.29, 0.717) is 62.1 Å². The van der Waals surface area contributed by atoms with E-state index in [1.54, 1.807) is 16.6 Å². The summed E-state index contributed by atoms with van der Waals surface area (Å²) < 4.78 is 6.86. The maximum atomic E-state index is 12.1. The molecule has 2 aromatic rings. The fourth-order valence-electron chi connectivity index (χ4n) is 2.78. The third-order valence-corrected chi connectivity index (χ3v) is 4.19. The van der Waals surface area contributed by atoms with Crippen LogP contribution in [0.15, 0.2) is 11.0 Å². The summed E-state index contributed by atoms with van der Waals surface area (Å²) in [6, 6.07) is 0. The molecule has 1 aliphatic heterocycles. The molecule has 1 amide bonds. The van der Waals surface area contributed by atoms with Crippen molar-refractivity contribution in [3.63, 3.8) is 0 Å². The lowest BCUT2D eigenvalue weighted by atomic mass is 10.2. The smallest absolute Gasteiger partial charge is 0.409 e. The summed E-state index contributed by atoms with van der Waals surface area (Å²) in [7, 11) is 1.76. The maximum absolute atomic E-state index is 12.1. The Hall–Kier alpha value is -2.42. The number of nitrogens with zero attached hydrogens (tertiary/aromatic N) is 5. The van der Waals surface area contributed by atoms with E-state index in [2.05, 4.69) is 20.0 Å². The first-order valence-corrected chi connectivity index (χ1v) is 8.49. The summed E-state index contributed by atoms with van der Waals surface area (Å²) in [5, 5.41) is 4.56. The predicted octanol–water partition coefficient (Wildman–Crippen LogP) is 0.567. The quantitative estimate of drug-likeness (QED) is 0.868. The minimum atomic E-state index is -0.254. The van der Waals surface area contributed by atoms with Crippen LogP contribution in [0.5, 0.6) is 0 Å². The fourth-order valence-corrected chi connectivity index (χ4v) is 2.78. The number of ether oxygens (including phenoxy) is 1. The van der Waals surface area contributed by atoms with Crippen molar-refractivity contribution >= 4 is 17.1 Å². The molecule has 0 aromatic carbocycles. The number of H-pyrrole nitrogens is 1. The molecule has 2 aromatic heterocycles. The molecule has 1 N–H and O–H groups in total. The Morgan fingerprint density at radius 1 is 1.32 bits per heavy atom. The second-order valence-corrected chi connectivity index (χ2v) is 6.75. The zero-order chi connectivity index (χ0) is 18.0. The Labute approximate surface area is 145 Å². The van der Waals surface area contributed by atoms with Gasteiger partial charge < -0.3 is 14.6 Å². The van der Waals surface area contributed by atoms with Gasteiger partial charge in [-0.2, -0.15) is 5.10 Å². The Morgan fingerprint density at radius 2 is 2.04 bits per heavy atom. The number of carbonyl (C=O) groups is 1. The first kappa shape index (κ1) is 17.4. The molecule has 0 spiro atoms. The van der Waals surface area contributed by atoms with Gasteiger partial charge in [0.25, 0.3) is 5.56 Å². The number of amides is 1. The number of piperazine rings is 1. The SMILES string of the molecule is CC(C)COC(=O)N1CCN(Cc2nc3c(cnn3C)c(=O)[nH]2)CC1. The van der Waals surface area contributed by atoms with Crippen molar-refractivity contribution in [1.82, 2.24) is 29.5 Å². The summed E-state index contributed by atoms with van der Waals surface area (Å²) in [5.74, 6) is 0.937. The van der Waals surface area contributed by atoms with E-state index >= 15 is 0 Å². The molecular weight excluding hydrogens is 324 g/mol. The van der Waals surface area contributed by atoms with Gasteiger partial charge in [-0.25, -0.2) is 9.78 Å². The number of aromatic amines is 1. The van der Waals surface area contributed by atoms with Crippen molar-refractivity contribution < 1.29 is 9.53 Å². The minimum Gasteiger partial charge on any atom is -0.449 e. The second kappa shape index (κ2) is 7.22. The molecule has 1 saturated heterocycles. The first-order valence-electron chi connectivity index (χ1n) is 8.49. The summed E-state index contributed by atoms with van der Waals surface area (Å²) >= 11 is 0. The van der Waals surface area contributed by atoms with Gasteiger partial charge in [-0.15, -0.1) is 0 Å². The van der Waals surface area contributed by atoms with E-state index in [9.17, 15) is 9.59 Å². The van der Waals surface area contributed by atoms with E-state index in [0.717, 1.165) is 0 Å². The molecule has 0 aliphatic carbocycles. The monoisotopic (exact) mass is 348 g/mol. The number of carbonyl (C=O) groups excluding carboxylic acids is 1. The number of rotatable bonds is 4. The van der Waals surface area contributed by atoms with E-state index < -0.39 is 0 Å². The fraction of sp³-hybridized carbons (Fsp3) is 0.625. The van der Waals surface area contributed by atoms with Crippen LogP contribution in [-0.2, 0) is 18.3 Å². The molecule has 136 valence electrons. The summed E-state index contributed by atoms with van der Waals surface area (Å²) in [5.41, 5.74) is 0.402. The third kappa shape index (κ3) is 3.98. The maximum Gasteiger partial charge on any atom is 0.409 e. The number of hydrogen-bond acceptors (Lipinski definition) is 6. The van der Waals surface area contributed by atoms with Gasteiger partial charge in [-0.3, -0.25) is 14.4 Å². The molecule has 3 heterocycles. The molecule has 25 heavy (non-hydrogen) atoms.